The van der Waals surface area contributed by atoms with E-state index in [1.165, 1.54) is 0 Å². The highest BCUT2D eigenvalue weighted by molar-refractivity contribution is 9.10. The molecular weight excluding hydrogens is 528 g/mol. The van der Waals surface area contributed by atoms with Crippen molar-refractivity contribution in [2.75, 3.05) is 4.90 Å². The number of fused-ring (bicyclic) bond motifs is 7. The summed E-state index contributed by atoms with van der Waals surface area (Å²) < 4.78 is 0.883. The Hall–Kier alpha value is -3.90. The summed E-state index contributed by atoms with van der Waals surface area (Å²) in [5, 5.41) is 0.936. The number of benzene rings is 3. The van der Waals surface area contributed by atoms with Gasteiger partial charge in [0.1, 0.15) is 5.41 Å². The van der Waals surface area contributed by atoms with Crippen LogP contribution in [0.3, 0.4) is 0 Å². The number of anilines is 1. The highest BCUT2D eigenvalue weighted by Crippen LogP contribution is 2.61. The van der Waals surface area contributed by atoms with Gasteiger partial charge in [-0.3, -0.25) is 19.4 Å². The van der Waals surface area contributed by atoms with Gasteiger partial charge in [-0.1, -0.05) is 82.7 Å². The molecule has 37 heavy (non-hydrogen) atoms. The molecule has 1 spiro atoms. The first-order valence-electron chi connectivity index (χ1n) is 12.2. The molecule has 1 aromatic heterocycles. The van der Waals surface area contributed by atoms with E-state index < -0.39 is 23.4 Å². The van der Waals surface area contributed by atoms with Crippen LogP contribution in [0.2, 0.25) is 0 Å². The van der Waals surface area contributed by atoms with E-state index in [1.807, 2.05) is 65.6 Å². The minimum absolute atomic E-state index is 0.0967. The van der Waals surface area contributed by atoms with Gasteiger partial charge < -0.3 is 4.90 Å². The molecule has 0 N–H and O–H groups in total. The van der Waals surface area contributed by atoms with Crippen LogP contribution in [0, 0.1) is 5.41 Å². The normalized spacial score (nSPS) is 22.9. The number of carbonyl (C=O) groups is 3. The Morgan fingerprint density at radius 3 is 2.30 bits per heavy atom. The lowest BCUT2D eigenvalue weighted by Gasteiger charge is -2.37. The van der Waals surface area contributed by atoms with Gasteiger partial charge in [-0.15, -0.1) is 0 Å². The molecule has 0 bridgehead atoms. The van der Waals surface area contributed by atoms with Crippen LogP contribution in [0.5, 0.6) is 0 Å². The lowest BCUT2D eigenvalue weighted by molar-refractivity contribution is -0.118. The number of carbonyl (C=O) groups excluding carboxylic acids is 3. The van der Waals surface area contributed by atoms with Crippen LogP contribution < -0.4 is 4.90 Å². The van der Waals surface area contributed by atoms with E-state index in [9.17, 15) is 14.4 Å². The van der Waals surface area contributed by atoms with Gasteiger partial charge in [-0.25, -0.2) is 0 Å². The van der Waals surface area contributed by atoms with Crippen LogP contribution >= 0.6 is 15.9 Å². The number of halogens is 1. The molecule has 1 fully saturated rings. The zero-order chi connectivity index (χ0) is 25.5. The molecule has 3 aliphatic rings. The standard InChI is InChI=1S/C31H21BrN2O3/c1-17(35)27-25(18-10-13-21(32)14-11-18)31(29(36)22-6-2-3-7-23(22)30(31)37)24-15-12-20-9-8-19-5-4-16-33-26(19)28(20)34(24)27/h2-16,24-25,27H,1H3/t24-,25-,27-/m0/s1. The molecule has 4 aromatic rings. The minimum atomic E-state index is -1.47. The molecular formula is C31H21BrN2O3. The van der Waals surface area contributed by atoms with Crippen molar-refractivity contribution in [3.8, 4) is 0 Å². The number of aromatic nitrogens is 1. The first-order valence-corrected chi connectivity index (χ1v) is 13.0. The predicted octanol–water partition coefficient (Wildman–Crippen LogP) is 6.02. The summed E-state index contributed by atoms with van der Waals surface area (Å²) in [6.07, 6.45) is 5.64. The van der Waals surface area contributed by atoms with Crippen LogP contribution in [0.25, 0.3) is 17.0 Å². The van der Waals surface area contributed by atoms with E-state index in [2.05, 4.69) is 20.9 Å². The SMILES string of the molecule is CC(=O)[C@H]1[C@H](c2ccc(Br)cc2)C2(C(=O)c3ccccc3C2=O)[C@@H]2C=Cc3ccc4cccnc4c3N21. The third kappa shape index (κ3) is 2.79. The number of hydrogen-bond donors (Lipinski definition) is 0. The summed E-state index contributed by atoms with van der Waals surface area (Å²) in [5.41, 5.74) is 2.62. The van der Waals surface area contributed by atoms with Crippen molar-refractivity contribution in [3.05, 3.63) is 112 Å². The summed E-state index contributed by atoms with van der Waals surface area (Å²) in [6, 6.07) is 21.2. The second-order valence-corrected chi connectivity index (χ2v) is 10.9. The quantitative estimate of drug-likeness (QED) is 0.286. The molecule has 6 heteroatoms. The van der Waals surface area contributed by atoms with Gasteiger partial charge in [0, 0.05) is 33.1 Å². The van der Waals surface area contributed by atoms with Crippen LogP contribution in [-0.4, -0.2) is 34.4 Å². The van der Waals surface area contributed by atoms with Crippen molar-refractivity contribution < 1.29 is 14.4 Å². The maximum atomic E-state index is 14.5. The Morgan fingerprint density at radius 2 is 1.62 bits per heavy atom. The van der Waals surface area contributed by atoms with E-state index in [0.717, 1.165) is 32.2 Å². The number of rotatable bonds is 2. The molecule has 0 amide bonds. The van der Waals surface area contributed by atoms with Gasteiger partial charge in [0.25, 0.3) is 0 Å². The van der Waals surface area contributed by atoms with Crippen molar-refractivity contribution in [1.82, 2.24) is 4.98 Å². The summed E-state index contributed by atoms with van der Waals surface area (Å²) >= 11 is 3.50. The van der Waals surface area contributed by atoms with Gasteiger partial charge in [0.05, 0.1) is 23.3 Å². The molecule has 3 heterocycles. The molecule has 1 saturated heterocycles. The number of nitrogens with zero attached hydrogens (tertiary/aromatic N) is 2. The Labute approximate surface area is 222 Å². The van der Waals surface area contributed by atoms with Gasteiger partial charge in [-0.05, 0) is 36.2 Å². The predicted molar refractivity (Wildman–Crippen MR) is 146 cm³/mol. The summed E-state index contributed by atoms with van der Waals surface area (Å²) in [6.45, 7) is 1.56. The Morgan fingerprint density at radius 1 is 0.919 bits per heavy atom. The zero-order valence-electron chi connectivity index (χ0n) is 19.9. The average molecular weight is 549 g/mol. The third-order valence-corrected chi connectivity index (χ3v) is 8.71. The minimum Gasteiger partial charge on any atom is -0.351 e. The molecule has 3 atom stereocenters. The van der Waals surface area contributed by atoms with Crippen molar-refractivity contribution in [2.24, 2.45) is 5.41 Å². The smallest absolute Gasteiger partial charge is 0.180 e. The lowest BCUT2D eigenvalue weighted by Crippen LogP contribution is -2.48. The van der Waals surface area contributed by atoms with Crippen LogP contribution in [0.15, 0.2) is 89.5 Å². The summed E-state index contributed by atoms with van der Waals surface area (Å²) in [5.74, 6) is -1.22. The number of Topliss-reactive ketones (excluding diaryl/α,β-unsaturated/α-hetero) is 3. The highest BCUT2D eigenvalue weighted by atomic mass is 79.9. The first kappa shape index (κ1) is 22.3. The van der Waals surface area contributed by atoms with E-state index in [4.69, 9.17) is 0 Å². The monoisotopic (exact) mass is 548 g/mol. The van der Waals surface area contributed by atoms with Gasteiger partial charge in [0.15, 0.2) is 17.3 Å². The fourth-order valence-corrected chi connectivity index (χ4v) is 7.04. The largest absolute Gasteiger partial charge is 0.351 e. The molecule has 3 aromatic carbocycles. The van der Waals surface area contributed by atoms with Crippen molar-refractivity contribution in [1.29, 1.82) is 0 Å². The van der Waals surface area contributed by atoms with Crippen molar-refractivity contribution >= 4 is 55.9 Å². The van der Waals surface area contributed by atoms with E-state index in [0.29, 0.717) is 11.1 Å². The van der Waals surface area contributed by atoms with Crippen LogP contribution in [-0.2, 0) is 4.79 Å². The molecule has 2 aliphatic heterocycles. The van der Waals surface area contributed by atoms with E-state index in [1.54, 1.807) is 37.4 Å². The fourth-order valence-electron chi connectivity index (χ4n) is 6.78. The summed E-state index contributed by atoms with van der Waals surface area (Å²) in [7, 11) is 0. The Balaban J connectivity index is 1.58. The zero-order valence-corrected chi connectivity index (χ0v) is 21.5. The Kier molecular flexibility index (Phi) is 4.70. The number of pyridine rings is 1. The number of hydrogen-bond acceptors (Lipinski definition) is 5. The number of ketones is 3. The average Bonchev–Trinajstić information content (AvgIpc) is 3.35. The second-order valence-electron chi connectivity index (χ2n) is 9.95. The van der Waals surface area contributed by atoms with Crippen molar-refractivity contribution in [3.63, 3.8) is 0 Å². The second kappa shape index (κ2) is 7.80. The van der Waals surface area contributed by atoms with E-state index in [-0.39, 0.29) is 17.3 Å². The topological polar surface area (TPSA) is 67.3 Å². The van der Waals surface area contributed by atoms with Gasteiger partial charge in [0.2, 0.25) is 0 Å². The summed E-state index contributed by atoms with van der Waals surface area (Å²) in [4.78, 5) is 49.2. The van der Waals surface area contributed by atoms with Gasteiger partial charge >= 0.3 is 0 Å². The Bertz CT molecular complexity index is 1660. The van der Waals surface area contributed by atoms with Crippen molar-refractivity contribution in [2.45, 2.75) is 24.9 Å². The van der Waals surface area contributed by atoms with E-state index >= 15 is 0 Å². The maximum Gasteiger partial charge on any atom is 0.180 e. The molecule has 5 nitrogen and oxygen atoms in total. The van der Waals surface area contributed by atoms with Crippen LogP contribution in [0.4, 0.5) is 5.69 Å². The third-order valence-electron chi connectivity index (χ3n) is 8.18. The molecule has 0 unspecified atom stereocenters. The molecule has 0 radical (unpaired) electrons. The fraction of sp³-hybridized carbons (Fsp3) is 0.161. The van der Waals surface area contributed by atoms with Crippen LogP contribution in [0.1, 0.15) is 44.7 Å². The van der Waals surface area contributed by atoms with Gasteiger partial charge in [-0.2, -0.15) is 0 Å². The molecule has 7 rings (SSSR count). The molecule has 0 saturated carbocycles. The highest BCUT2D eigenvalue weighted by Gasteiger charge is 2.71. The molecule has 180 valence electrons. The maximum absolute atomic E-state index is 14.5. The first-order chi connectivity index (χ1) is 17.9. The lowest BCUT2D eigenvalue weighted by atomic mass is 9.64. The molecule has 1 aliphatic carbocycles.